The van der Waals surface area contributed by atoms with Gasteiger partial charge in [-0.15, -0.1) is 11.8 Å². The van der Waals surface area contributed by atoms with Crippen LogP contribution in [0.15, 0.2) is 47.5 Å². The van der Waals surface area contributed by atoms with E-state index in [1.165, 1.54) is 17.3 Å². The van der Waals surface area contributed by atoms with E-state index in [2.05, 4.69) is 15.2 Å². The van der Waals surface area contributed by atoms with Crippen molar-refractivity contribution in [2.24, 2.45) is 0 Å². The van der Waals surface area contributed by atoms with Crippen molar-refractivity contribution in [3.63, 3.8) is 0 Å². The Kier molecular flexibility index (Phi) is 5.72. The van der Waals surface area contributed by atoms with E-state index in [0.29, 0.717) is 11.6 Å². The first-order valence-corrected chi connectivity index (χ1v) is 8.97. The van der Waals surface area contributed by atoms with Gasteiger partial charge in [0.2, 0.25) is 5.91 Å². The van der Waals surface area contributed by atoms with Crippen molar-refractivity contribution in [2.45, 2.75) is 11.8 Å². The third-order valence-electron chi connectivity index (χ3n) is 3.78. The van der Waals surface area contributed by atoms with Gasteiger partial charge in [0.1, 0.15) is 5.82 Å². The molecular weight excluding hydrogens is 322 g/mol. The number of thioether (sulfide) groups is 1. The van der Waals surface area contributed by atoms with Crippen molar-refractivity contribution >= 4 is 29.2 Å². The Hall–Kier alpha value is -2.05. The number of benzene rings is 1. The van der Waals surface area contributed by atoms with Crippen LogP contribution in [0.25, 0.3) is 0 Å². The molecule has 126 valence electrons. The summed E-state index contributed by atoms with van der Waals surface area (Å²) in [7, 11) is 0. The van der Waals surface area contributed by atoms with Crippen molar-refractivity contribution < 1.29 is 9.53 Å². The molecule has 0 unspecified atom stereocenters. The maximum atomic E-state index is 12.0. The third kappa shape index (κ3) is 4.72. The standard InChI is InChI=1S/C18H21N3O2S/c1-14-2-5-16(6-3-14)24-13-18(22)20-17-7-4-15(12-19-17)21-8-10-23-11-9-21/h2-7,12H,8-11,13H2,1H3,(H,19,20,22). The Balaban J connectivity index is 1.49. The molecule has 0 aliphatic carbocycles. The average Bonchev–Trinajstić information content (AvgIpc) is 2.63. The first-order chi connectivity index (χ1) is 11.7. The minimum Gasteiger partial charge on any atom is -0.378 e. The number of pyridine rings is 1. The molecule has 0 bridgehead atoms. The molecule has 6 heteroatoms. The van der Waals surface area contributed by atoms with Gasteiger partial charge in [0.15, 0.2) is 0 Å². The van der Waals surface area contributed by atoms with E-state index in [1.807, 2.05) is 43.3 Å². The number of aromatic nitrogens is 1. The molecule has 1 aromatic carbocycles. The predicted molar refractivity (Wildman–Crippen MR) is 97.8 cm³/mol. The smallest absolute Gasteiger partial charge is 0.235 e. The van der Waals surface area contributed by atoms with Gasteiger partial charge in [0, 0.05) is 18.0 Å². The number of anilines is 2. The molecule has 2 heterocycles. The summed E-state index contributed by atoms with van der Waals surface area (Å²) in [6.45, 7) is 5.29. The number of ether oxygens (including phenoxy) is 1. The lowest BCUT2D eigenvalue weighted by Crippen LogP contribution is -2.36. The second-order valence-electron chi connectivity index (χ2n) is 5.65. The molecule has 1 fully saturated rings. The molecular formula is C18H21N3O2S. The quantitative estimate of drug-likeness (QED) is 0.846. The number of nitrogens with one attached hydrogen (secondary N) is 1. The summed E-state index contributed by atoms with van der Waals surface area (Å²) >= 11 is 1.52. The zero-order valence-corrected chi connectivity index (χ0v) is 14.5. The molecule has 1 N–H and O–H groups in total. The van der Waals surface area contributed by atoms with Crippen LogP contribution in [0.4, 0.5) is 11.5 Å². The van der Waals surface area contributed by atoms with Crippen LogP contribution in [0, 0.1) is 6.92 Å². The van der Waals surface area contributed by atoms with Crippen molar-refractivity contribution in [1.82, 2.24) is 4.98 Å². The van der Waals surface area contributed by atoms with E-state index >= 15 is 0 Å². The highest BCUT2D eigenvalue weighted by Crippen LogP contribution is 2.19. The van der Waals surface area contributed by atoms with Gasteiger partial charge >= 0.3 is 0 Å². The fourth-order valence-electron chi connectivity index (χ4n) is 2.43. The summed E-state index contributed by atoms with van der Waals surface area (Å²) < 4.78 is 5.35. The van der Waals surface area contributed by atoms with Gasteiger partial charge in [-0.1, -0.05) is 17.7 Å². The lowest BCUT2D eigenvalue weighted by molar-refractivity contribution is -0.113. The Labute approximate surface area is 146 Å². The Morgan fingerprint density at radius 1 is 1.21 bits per heavy atom. The second-order valence-corrected chi connectivity index (χ2v) is 6.70. The topological polar surface area (TPSA) is 54.5 Å². The molecule has 24 heavy (non-hydrogen) atoms. The van der Waals surface area contributed by atoms with E-state index in [9.17, 15) is 4.79 Å². The second kappa shape index (κ2) is 8.17. The van der Waals surface area contributed by atoms with Crippen LogP contribution < -0.4 is 10.2 Å². The Bertz CT molecular complexity index is 668. The summed E-state index contributed by atoms with van der Waals surface area (Å²) in [5.41, 5.74) is 2.28. The number of rotatable bonds is 5. The highest BCUT2D eigenvalue weighted by Gasteiger charge is 2.11. The van der Waals surface area contributed by atoms with Crippen LogP contribution in [-0.4, -0.2) is 42.9 Å². The molecule has 1 aliphatic rings. The van der Waals surface area contributed by atoms with Crippen LogP contribution in [0.2, 0.25) is 0 Å². The molecule has 1 aromatic heterocycles. The molecule has 3 rings (SSSR count). The summed E-state index contributed by atoms with van der Waals surface area (Å²) in [6.07, 6.45) is 1.80. The van der Waals surface area contributed by atoms with Gasteiger partial charge in [-0.3, -0.25) is 4.79 Å². The van der Waals surface area contributed by atoms with Gasteiger partial charge in [-0.05, 0) is 31.2 Å². The third-order valence-corrected chi connectivity index (χ3v) is 4.79. The highest BCUT2D eigenvalue weighted by molar-refractivity contribution is 8.00. The Morgan fingerprint density at radius 3 is 2.62 bits per heavy atom. The lowest BCUT2D eigenvalue weighted by atomic mass is 10.2. The summed E-state index contributed by atoms with van der Waals surface area (Å²) in [4.78, 5) is 19.7. The number of aryl methyl sites for hydroxylation is 1. The van der Waals surface area contributed by atoms with Crippen LogP contribution in [0.3, 0.4) is 0 Å². The minimum atomic E-state index is -0.0489. The molecule has 1 saturated heterocycles. The van der Waals surface area contributed by atoms with Gasteiger partial charge in [-0.25, -0.2) is 4.98 Å². The highest BCUT2D eigenvalue weighted by atomic mass is 32.2. The normalized spacial score (nSPS) is 14.5. The average molecular weight is 343 g/mol. The number of hydrogen-bond donors (Lipinski definition) is 1. The molecule has 0 radical (unpaired) electrons. The van der Waals surface area contributed by atoms with E-state index in [1.54, 1.807) is 6.20 Å². The van der Waals surface area contributed by atoms with Gasteiger partial charge in [0.05, 0.1) is 30.9 Å². The van der Waals surface area contributed by atoms with Gasteiger partial charge < -0.3 is 15.0 Å². The monoisotopic (exact) mass is 343 g/mol. The molecule has 1 amide bonds. The maximum Gasteiger partial charge on any atom is 0.235 e. The Morgan fingerprint density at radius 2 is 1.96 bits per heavy atom. The van der Waals surface area contributed by atoms with E-state index in [0.717, 1.165) is 36.9 Å². The number of amides is 1. The first-order valence-electron chi connectivity index (χ1n) is 7.99. The summed E-state index contributed by atoms with van der Waals surface area (Å²) in [5, 5.41) is 2.84. The zero-order valence-electron chi connectivity index (χ0n) is 13.7. The number of hydrogen-bond acceptors (Lipinski definition) is 5. The van der Waals surface area contributed by atoms with E-state index in [4.69, 9.17) is 4.74 Å². The van der Waals surface area contributed by atoms with Crippen molar-refractivity contribution in [2.75, 3.05) is 42.3 Å². The first kappa shape index (κ1) is 16.8. The minimum absolute atomic E-state index is 0.0489. The van der Waals surface area contributed by atoms with Gasteiger partial charge in [-0.2, -0.15) is 0 Å². The molecule has 0 saturated carbocycles. The van der Waals surface area contributed by atoms with Crippen molar-refractivity contribution in [3.8, 4) is 0 Å². The van der Waals surface area contributed by atoms with Crippen LogP contribution in [0.1, 0.15) is 5.56 Å². The molecule has 1 aliphatic heterocycles. The van der Waals surface area contributed by atoms with Crippen LogP contribution in [0.5, 0.6) is 0 Å². The van der Waals surface area contributed by atoms with Crippen molar-refractivity contribution in [1.29, 1.82) is 0 Å². The van der Waals surface area contributed by atoms with Gasteiger partial charge in [0.25, 0.3) is 0 Å². The SMILES string of the molecule is Cc1ccc(SCC(=O)Nc2ccc(N3CCOCC3)cn2)cc1. The molecule has 0 spiro atoms. The number of carbonyl (C=O) groups is 1. The molecule has 5 nitrogen and oxygen atoms in total. The number of nitrogens with zero attached hydrogens (tertiary/aromatic N) is 2. The zero-order chi connectivity index (χ0) is 16.8. The largest absolute Gasteiger partial charge is 0.378 e. The number of morpholine rings is 1. The maximum absolute atomic E-state index is 12.0. The van der Waals surface area contributed by atoms with Crippen LogP contribution >= 0.6 is 11.8 Å². The lowest BCUT2D eigenvalue weighted by Gasteiger charge is -2.28. The molecule has 2 aromatic rings. The van der Waals surface area contributed by atoms with Crippen LogP contribution in [-0.2, 0) is 9.53 Å². The van der Waals surface area contributed by atoms with E-state index in [-0.39, 0.29) is 5.91 Å². The molecule has 0 atom stereocenters. The fraction of sp³-hybridized carbons (Fsp3) is 0.333. The van der Waals surface area contributed by atoms with Crippen molar-refractivity contribution in [3.05, 3.63) is 48.2 Å². The summed E-state index contributed by atoms with van der Waals surface area (Å²) in [6, 6.07) is 12.0. The predicted octanol–water partition coefficient (Wildman–Crippen LogP) is 2.96. The summed E-state index contributed by atoms with van der Waals surface area (Å²) in [5.74, 6) is 0.907. The number of carbonyl (C=O) groups excluding carboxylic acids is 1. The fourth-order valence-corrected chi connectivity index (χ4v) is 3.13. The van der Waals surface area contributed by atoms with E-state index < -0.39 is 0 Å².